The molecule has 22 heavy (non-hydrogen) atoms. The van der Waals surface area contributed by atoms with Crippen molar-refractivity contribution in [2.45, 2.75) is 25.7 Å². The van der Waals surface area contributed by atoms with E-state index in [0.717, 1.165) is 25.7 Å². The molecule has 4 rings (SSSR count). The smallest absolute Gasteiger partial charge is 0.00547 e. The number of hydrogen-bond donors (Lipinski definition) is 0. The predicted octanol–water partition coefficient (Wildman–Crippen LogP) is 5.72. The van der Waals surface area contributed by atoms with E-state index >= 15 is 0 Å². The average Bonchev–Trinajstić information content (AvgIpc) is 3.14. The maximum atomic E-state index is 4.21. The molecule has 0 heteroatoms. The maximum absolute atomic E-state index is 4.21. The van der Waals surface area contributed by atoms with E-state index in [1.807, 2.05) is 0 Å². The van der Waals surface area contributed by atoms with Crippen molar-refractivity contribution in [3.63, 3.8) is 0 Å². The molecule has 0 amide bonds. The molecule has 0 nitrogen and oxygen atoms in total. The van der Waals surface area contributed by atoms with Crippen LogP contribution in [0, 0.1) is 0 Å². The standard InChI is InChI=1S/C22H20/c1-16-5-6-17-7-8-20(12-17)13-18-3-2-4-21(14-18)22-10-9-19(11-16)15-22/h2-10,14H,1,11-13,15H2. The summed E-state index contributed by atoms with van der Waals surface area (Å²) >= 11 is 0. The molecule has 6 bridgehead atoms. The summed E-state index contributed by atoms with van der Waals surface area (Å²) in [6.07, 6.45) is 17.7. The third kappa shape index (κ3) is 2.69. The highest BCUT2D eigenvalue weighted by Gasteiger charge is 2.13. The van der Waals surface area contributed by atoms with Crippen molar-refractivity contribution in [3.8, 4) is 0 Å². The van der Waals surface area contributed by atoms with E-state index in [1.165, 1.54) is 39.0 Å². The Kier molecular flexibility index (Phi) is 3.31. The van der Waals surface area contributed by atoms with Gasteiger partial charge in [-0.25, -0.2) is 0 Å². The van der Waals surface area contributed by atoms with Gasteiger partial charge in [-0.3, -0.25) is 0 Å². The topological polar surface area (TPSA) is 0 Å². The number of fused-ring (bicyclic) bond motifs is 7. The Morgan fingerprint density at radius 1 is 0.773 bits per heavy atom. The zero-order chi connectivity index (χ0) is 14.9. The van der Waals surface area contributed by atoms with Crippen molar-refractivity contribution >= 4 is 5.57 Å². The Balaban J connectivity index is 1.69. The van der Waals surface area contributed by atoms with Crippen molar-refractivity contribution < 1.29 is 0 Å². The van der Waals surface area contributed by atoms with Crippen LogP contribution in [0.5, 0.6) is 0 Å². The fourth-order valence-electron chi connectivity index (χ4n) is 3.46. The van der Waals surface area contributed by atoms with Gasteiger partial charge in [0.15, 0.2) is 0 Å². The van der Waals surface area contributed by atoms with Crippen LogP contribution >= 0.6 is 0 Å². The zero-order valence-corrected chi connectivity index (χ0v) is 12.8. The van der Waals surface area contributed by atoms with Gasteiger partial charge in [0.1, 0.15) is 0 Å². The summed E-state index contributed by atoms with van der Waals surface area (Å²) in [5.41, 5.74) is 9.77. The molecule has 0 saturated heterocycles. The molecular formula is C22H20. The van der Waals surface area contributed by atoms with Crippen molar-refractivity contribution in [2.24, 2.45) is 0 Å². The highest BCUT2D eigenvalue weighted by atomic mass is 14.2. The fourth-order valence-corrected chi connectivity index (χ4v) is 3.46. The van der Waals surface area contributed by atoms with Gasteiger partial charge in [0.2, 0.25) is 0 Å². The fraction of sp³-hybridized carbons (Fsp3) is 0.182. The minimum atomic E-state index is 0.976. The SMILES string of the molecule is C=C1C=CC2=CC=C(C2)Cc2cccc(c2)C2=CC=C(C1)C2. The van der Waals surface area contributed by atoms with Crippen LogP contribution in [0.4, 0.5) is 0 Å². The average molecular weight is 284 g/mol. The zero-order valence-electron chi connectivity index (χ0n) is 12.8. The molecule has 0 spiro atoms. The summed E-state index contributed by atoms with van der Waals surface area (Å²) in [6, 6.07) is 9.03. The monoisotopic (exact) mass is 284 g/mol. The lowest BCUT2D eigenvalue weighted by atomic mass is 9.95. The Morgan fingerprint density at radius 3 is 2.59 bits per heavy atom. The van der Waals surface area contributed by atoms with Gasteiger partial charge >= 0.3 is 0 Å². The van der Waals surface area contributed by atoms with E-state index in [2.05, 4.69) is 67.3 Å². The van der Waals surface area contributed by atoms with Gasteiger partial charge in [0, 0.05) is 0 Å². The molecule has 1 aromatic rings. The normalized spacial score (nSPS) is 20.1. The van der Waals surface area contributed by atoms with Crippen LogP contribution < -0.4 is 0 Å². The van der Waals surface area contributed by atoms with Gasteiger partial charge in [-0.05, 0) is 48.0 Å². The molecule has 1 aromatic carbocycles. The molecule has 0 N–H and O–H groups in total. The van der Waals surface area contributed by atoms with E-state index in [1.54, 1.807) is 0 Å². The van der Waals surface area contributed by atoms with E-state index in [4.69, 9.17) is 0 Å². The third-order valence-corrected chi connectivity index (χ3v) is 4.62. The van der Waals surface area contributed by atoms with Crippen LogP contribution in [0.3, 0.4) is 0 Å². The first-order valence-corrected chi connectivity index (χ1v) is 7.99. The van der Waals surface area contributed by atoms with Crippen LogP contribution in [0.25, 0.3) is 5.57 Å². The Morgan fingerprint density at radius 2 is 1.64 bits per heavy atom. The summed E-state index contributed by atoms with van der Waals surface area (Å²) in [6.45, 7) is 4.21. The van der Waals surface area contributed by atoms with Gasteiger partial charge in [-0.1, -0.05) is 84.0 Å². The molecule has 0 atom stereocenters. The lowest BCUT2D eigenvalue weighted by Crippen LogP contribution is -1.93. The second kappa shape index (κ2) is 5.46. The quantitative estimate of drug-likeness (QED) is 0.572. The molecule has 0 saturated carbocycles. The summed E-state index contributed by atoms with van der Waals surface area (Å²) in [5.74, 6) is 0. The molecule has 0 heterocycles. The first kappa shape index (κ1) is 13.3. The largest absolute Gasteiger partial charge is 0.0955 e. The van der Waals surface area contributed by atoms with Gasteiger partial charge in [0.25, 0.3) is 0 Å². The Hall–Kier alpha value is -2.34. The van der Waals surface area contributed by atoms with Crippen molar-refractivity contribution in [3.05, 3.63) is 101 Å². The van der Waals surface area contributed by atoms with Crippen LogP contribution in [0.15, 0.2) is 89.6 Å². The first-order chi connectivity index (χ1) is 10.8. The van der Waals surface area contributed by atoms with Crippen molar-refractivity contribution in [2.75, 3.05) is 0 Å². The van der Waals surface area contributed by atoms with Crippen LogP contribution in [-0.4, -0.2) is 0 Å². The number of hydrogen-bond acceptors (Lipinski definition) is 0. The third-order valence-electron chi connectivity index (χ3n) is 4.62. The highest BCUT2D eigenvalue weighted by molar-refractivity contribution is 5.73. The molecule has 108 valence electrons. The summed E-state index contributed by atoms with van der Waals surface area (Å²) < 4.78 is 0. The van der Waals surface area contributed by atoms with Crippen LogP contribution in [-0.2, 0) is 6.42 Å². The van der Waals surface area contributed by atoms with Gasteiger partial charge in [-0.2, -0.15) is 0 Å². The highest BCUT2D eigenvalue weighted by Crippen LogP contribution is 2.33. The lowest BCUT2D eigenvalue weighted by Gasteiger charge is -2.10. The van der Waals surface area contributed by atoms with E-state index in [9.17, 15) is 0 Å². The molecule has 3 aliphatic rings. The molecular weight excluding hydrogens is 264 g/mol. The summed E-state index contributed by atoms with van der Waals surface area (Å²) in [7, 11) is 0. The van der Waals surface area contributed by atoms with Crippen molar-refractivity contribution in [1.29, 1.82) is 0 Å². The van der Waals surface area contributed by atoms with Gasteiger partial charge < -0.3 is 0 Å². The molecule has 0 fully saturated rings. The molecule has 0 unspecified atom stereocenters. The number of benzene rings is 1. The van der Waals surface area contributed by atoms with E-state index < -0.39 is 0 Å². The maximum Gasteiger partial charge on any atom is -0.00547 e. The molecule has 0 aromatic heterocycles. The van der Waals surface area contributed by atoms with Gasteiger partial charge in [0.05, 0.1) is 0 Å². The Bertz CT molecular complexity index is 791. The minimum Gasteiger partial charge on any atom is -0.0955 e. The second-order valence-electron chi connectivity index (χ2n) is 6.48. The minimum absolute atomic E-state index is 0.976. The van der Waals surface area contributed by atoms with Crippen LogP contribution in [0.1, 0.15) is 30.4 Å². The van der Waals surface area contributed by atoms with Crippen LogP contribution in [0.2, 0.25) is 0 Å². The van der Waals surface area contributed by atoms with E-state index in [-0.39, 0.29) is 0 Å². The lowest BCUT2D eigenvalue weighted by molar-refractivity contribution is 1.06. The Labute approximate surface area is 132 Å². The second-order valence-corrected chi connectivity index (χ2v) is 6.48. The number of rotatable bonds is 0. The molecule has 0 radical (unpaired) electrons. The van der Waals surface area contributed by atoms with Gasteiger partial charge in [-0.15, -0.1) is 0 Å². The number of allylic oxidation sites excluding steroid dienone is 11. The molecule has 0 aliphatic heterocycles. The van der Waals surface area contributed by atoms with Crippen molar-refractivity contribution in [1.82, 2.24) is 0 Å². The predicted molar refractivity (Wildman–Crippen MR) is 94.5 cm³/mol. The summed E-state index contributed by atoms with van der Waals surface area (Å²) in [4.78, 5) is 0. The molecule has 3 aliphatic carbocycles. The van der Waals surface area contributed by atoms with E-state index in [0.29, 0.717) is 0 Å². The summed E-state index contributed by atoms with van der Waals surface area (Å²) in [5, 5.41) is 0. The first-order valence-electron chi connectivity index (χ1n) is 7.99.